The Balaban J connectivity index is 2.79. The highest BCUT2D eigenvalue weighted by Crippen LogP contribution is 2.07. The number of carbonyl (C=O) groups excluding carboxylic acids is 2. The van der Waals surface area contributed by atoms with Crippen molar-refractivity contribution < 1.29 is 14.3 Å². The van der Waals surface area contributed by atoms with Gasteiger partial charge in [0, 0.05) is 23.9 Å². The number of hydrogen-bond acceptors (Lipinski definition) is 4. The average molecular weight is 273 g/mol. The van der Waals surface area contributed by atoms with E-state index in [1.807, 2.05) is 30.3 Å². The molecular formula is C16H19NO3. The Bertz CT molecular complexity index is 530. The molecule has 0 saturated heterocycles. The Hall–Kier alpha value is -2.36. The first-order valence-corrected chi connectivity index (χ1v) is 6.30. The average Bonchev–Trinajstić information content (AvgIpc) is 2.45. The van der Waals surface area contributed by atoms with Crippen molar-refractivity contribution >= 4 is 11.8 Å². The zero-order chi connectivity index (χ0) is 15.0. The van der Waals surface area contributed by atoms with E-state index in [2.05, 4.69) is 10.1 Å². The van der Waals surface area contributed by atoms with Crippen molar-refractivity contribution in [2.45, 2.75) is 20.4 Å². The molecule has 1 aromatic rings. The largest absolute Gasteiger partial charge is 0.466 e. The van der Waals surface area contributed by atoms with Crippen LogP contribution in [0.1, 0.15) is 19.4 Å². The maximum atomic E-state index is 11.6. The summed E-state index contributed by atoms with van der Waals surface area (Å²) in [6, 6.07) is 9.86. The third kappa shape index (κ3) is 5.10. The van der Waals surface area contributed by atoms with Crippen LogP contribution in [0.3, 0.4) is 0 Å². The predicted molar refractivity (Wildman–Crippen MR) is 77.8 cm³/mol. The molecule has 0 aromatic heterocycles. The Morgan fingerprint density at radius 2 is 1.80 bits per heavy atom. The summed E-state index contributed by atoms with van der Waals surface area (Å²) >= 11 is 0. The second-order valence-corrected chi connectivity index (χ2v) is 4.29. The SMILES string of the molecule is COC(=O)/C=C/C(C(C)=O)=C(\C)NCc1ccccc1. The molecule has 0 aliphatic carbocycles. The van der Waals surface area contributed by atoms with Gasteiger partial charge in [0.25, 0.3) is 0 Å². The molecule has 0 saturated carbocycles. The van der Waals surface area contributed by atoms with Gasteiger partial charge in [0.1, 0.15) is 0 Å². The molecule has 106 valence electrons. The molecule has 1 aromatic carbocycles. The van der Waals surface area contributed by atoms with E-state index in [1.165, 1.54) is 26.2 Å². The lowest BCUT2D eigenvalue weighted by atomic mass is 10.1. The van der Waals surface area contributed by atoms with E-state index in [9.17, 15) is 9.59 Å². The topological polar surface area (TPSA) is 55.4 Å². The number of esters is 1. The van der Waals surface area contributed by atoms with Crippen molar-refractivity contribution in [2.24, 2.45) is 0 Å². The summed E-state index contributed by atoms with van der Waals surface area (Å²) in [7, 11) is 1.30. The molecule has 0 aliphatic rings. The van der Waals surface area contributed by atoms with Crippen LogP contribution in [0.15, 0.2) is 53.8 Å². The van der Waals surface area contributed by atoms with Crippen molar-refractivity contribution in [1.82, 2.24) is 5.32 Å². The smallest absolute Gasteiger partial charge is 0.330 e. The Labute approximate surface area is 119 Å². The van der Waals surface area contributed by atoms with Gasteiger partial charge in [-0.3, -0.25) is 4.79 Å². The number of carbonyl (C=O) groups is 2. The number of rotatable bonds is 6. The van der Waals surface area contributed by atoms with Crippen molar-refractivity contribution in [3.8, 4) is 0 Å². The van der Waals surface area contributed by atoms with E-state index in [1.54, 1.807) is 6.92 Å². The van der Waals surface area contributed by atoms with Crippen molar-refractivity contribution in [3.05, 3.63) is 59.3 Å². The molecule has 0 spiro atoms. The number of hydrogen-bond donors (Lipinski definition) is 1. The summed E-state index contributed by atoms with van der Waals surface area (Å²) < 4.78 is 4.51. The minimum absolute atomic E-state index is 0.108. The number of Topliss-reactive ketones (excluding diaryl/α,β-unsaturated/α-hetero) is 1. The number of methoxy groups -OCH3 is 1. The van der Waals surface area contributed by atoms with Gasteiger partial charge in [-0.2, -0.15) is 0 Å². The van der Waals surface area contributed by atoms with Gasteiger partial charge in [0.2, 0.25) is 0 Å². The molecule has 1 rings (SSSR count). The van der Waals surface area contributed by atoms with Gasteiger partial charge in [-0.05, 0) is 25.5 Å². The van der Waals surface area contributed by atoms with Crippen LogP contribution in [-0.2, 0) is 20.9 Å². The monoisotopic (exact) mass is 273 g/mol. The molecule has 0 heterocycles. The van der Waals surface area contributed by atoms with E-state index in [0.29, 0.717) is 12.1 Å². The van der Waals surface area contributed by atoms with E-state index in [4.69, 9.17) is 0 Å². The third-order valence-corrected chi connectivity index (χ3v) is 2.77. The lowest BCUT2D eigenvalue weighted by Gasteiger charge is -2.09. The third-order valence-electron chi connectivity index (χ3n) is 2.77. The van der Waals surface area contributed by atoms with Crippen LogP contribution in [0, 0.1) is 0 Å². The van der Waals surface area contributed by atoms with Crippen molar-refractivity contribution in [2.75, 3.05) is 7.11 Å². The summed E-state index contributed by atoms with van der Waals surface area (Å²) in [5.41, 5.74) is 2.31. The van der Waals surface area contributed by atoms with E-state index in [0.717, 1.165) is 11.3 Å². The van der Waals surface area contributed by atoms with Crippen LogP contribution in [0.4, 0.5) is 0 Å². The van der Waals surface area contributed by atoms with E-state index < -0.39 is 5.97 Å². The van der Waals surface area contributed by atoms with Crippen LogP contribution in [0.5, 0.6) is 0 Å². The van der Waals surface area contributed by atoms with Crippen LogP contribution in [0.25, 0.3) is 0 Å². The highest BCUT2D eigenvalue weighted by atomic mass is 16.5. The predicted octanol–water partition coefficient (Wildman–Crippen LogP) is 2.37. The van der Waals surface area contributed by atoms with Crippen molar-refractivity contribution in [1.29, 1.82) is 0 Å². The Morgan fingerprint density at radius 1 is 1.15 bits per heavy atom. The highest BCUT2D eigenvalue weighted by molar-refractivity contribution is 5.98. The summed E-state index contributed by atoms with van der Waals surface area (Å²) in [5, 5.41) is 3.18. The Kier molecular flexibility index (Phi) is 6.23. The van der Waals surface area contributed by atoms with Gasteiger partial charge < -0.3 is 10.1 Å². The van der Waals surface area contributed by atoms with Gasteiger partial charge in [0.05, 0.1) is 7.11 Å². The fourth-order valence-electron chi connectivity index (χ4n) is 1.65. The van der Waals surface area contributed by atoms with Gasteiger partial charge in [-0.1, -0.05) is 30.3 Å². The second-order valence-electron chi connectivity index (χ2n) is 4.29. The lowest BCUT2D eigenvalue weighted by molar-refractivity contribution is -0.134. The van der Waals surface area contributed by atoms with E-state index in [-0.39, 0.29) is 5.78 Å². The molecule has 0 unspecified atom stereocenters. The molecule has 4 nitrogen and oxygen atoms in total. The minimum Gasteiger partial charge on any atom is -0.466 e. The van der Waals surface area contributed by atoms with E-state index >= 15 is 0 Å². The van der Waals surface area contributed by atoms with Crippen molar-refractivity contribution in [3.63, 3.8) is 0 Å². The maximum Gasteiger partial charge on any atom is 0.330 e. The molecule has 20 heavy (non-hydrogen) atoms. The van der Waals surface area contributed by atoms with Crippen LogP contribution in [0.2, 0.25) is 0 Å². The Morgan fingerprint density at radius 3 is 2.35 bits per heavy atom. The first kappa shape index (κ1) is 15.7. The molecule has 0 fully saturated rings. The fraction of sp³-hybridized carbons (Fsp3) is 0.250. The summed E-state index contributed by atoms with van der Waals surface area (Å²) in [4.78, 5) is 22.7. The molecule has 4 heteroatoms. The number of allylic oxidation sites excluding steroid dienone is 3. The lowest BCUT2D eigenvalue weighted by Crippen LogP contribution is -2.14. The molecule has 0 bridgehead atoms. The molecule has 1 N–H and O–H groups in total. The zero-order valence-corrected chi connectivity index (χ0v) is 12.0. The molecular weight excluding hydrogens is 254 g/mol. The first-order chi connectivity index (χ1) is 9.54. The van der Waals surface area contributed by atoms with Crippen LogP contribution >= 0.6 is 0 Å². The maximum absolute atomic E-state index is 11.6. The van der Waals surface area contributed by atoms with Gasteiger partial charge >= 0.3 is 5.97 Å². The summed E-state index contributed by atoms with van der Waals surface area (Å²) in [6.45, 7) is 3.89. The minimum atomic E-state index is -0.486. The standard InChI is InChI=1S/C16H19NO3/c1-12(17-11-14-7-5-4-6-8-14)15(13(2)18)9-10-16(19)20-3/h4-10,17H,11H2,1-3H3/b10-9+,15-12-. The second kappa shape index (κ2) is 7.94. The number of benzene rings is 1. The normalized spacial score (nSPS) is 11.9. The summed E-state index contributed by atoms with van der Waals surface area (Å²) in [5.74, 6) is -0.595. The fourth-order valence-corrected chi connectivity index (χ4v) is 1.65. The van der Waals surface area contributed by atoms with Crippen LogP contribution < -0.4 is 5.32 Å². The summed E-state index contributed by atoms with van der Waals surface area (Å²) in [6.07, 6.45) is 2.71. The number of ether oxygens (including phenoxy) is 1. The van der Waals surface area contributed by atoms with Gasteiger partial charge in [-0.25, -0.2) is 4.79 Å². The highest BCUT2D eigenvalue weighted by Gasteiger charge is 2.06. The number of nitrogens with one attached hydrogen (secondary N) is 1. The van der Waals surface area contributed by atoms with Crippen LogP contribution in [-0.4, -0.2) is 18.9 Å². The quantitative estimate of drug-likeness (QED) is 0.491. The van der Waals surface area contributed by atoms with Gasteiger partial charge in [0.15, 0.2) is 5.78 Å². The number of ketones is 1. The van der Waals surface area contributed by atoms with Gasteiger partial charge in [-0.15, -0.1) is 0 Å². The first-order valence-electron chi connectivity index (χ1n) is 6.30. The molecule has 0 atom stereocenters. The zero-order valence-electron chi connectivity index (χ0n) is 12.0. The molecule has 0 radical (unpaired) electrons. The molecule has 0 aliphatic heterocycles. The molecule has 0 amide bonds.